The first-order valence-electron chi connectivity index (χ1n) is 22.0. The van der Waals surface area contributed by atoms with Crippen LogP contribution in [-0.4, -0.2) is 90.6 Å². The van der Waals surface area contributed by atoms with E-state index in [1.807, 2.05) is 78.0 Å². The van der Waals surface area contributed by atoms with Gasteiger partial charge < -0.3 is 29.0 Å². The monoisotopic (exact) mass is 842 g/mol. The molecule has 0 spiro atoms. The normalized spacial score (nSPS) is 20.0. The summed E-state index contributed by atoms with van der Waals surface area (Å²) in [5.41, 5.74) is 0.189. The number of carbonyl (C=O) groups is 5. The van der Waals surface area contributed by atoms with Crippen molar-refractivity contribution in [1.29, 1.82) is 0 Å². The first kappa shape index (κ1) is 54.3. The number of likely N-dealkylation sites (tertiary alicyclic amines) is 1. The smallest absolute Gasteiger partial charge is 0.333 e. The number of ether oxygens (including phenoxy) is 4. The Morgan fingerprint density at radius 3 is 2.00 bits per heavy atom. The number of carbonyl (C=O) groups excluding carboxylic acids is 5. The quantitative estimate of drug-likeness (QED) is 0.0311. The highest BCUT2D eigenvalue weighted by Crippen LogP contribution is 2.34. The van der Waals surface area contributed by atoms with Gasteiger partial charge in [0.25, 0.3) is 0 Å². The third kappa shape index (κ3) is 17.7. The summed E-state index contributed by atoms with van der Waals surface area (Å²) in [6, 6.07) is -0.719. The molecule has 11 nitrogen and oxygen atoms in total. The lowest BCUT2D eigenvalue weighted by Gasteiger charge is -2.39. The molecule has 1 heterocycles. The number of rotatable bonds is 25. The van der Waals surface area contributed by atoms with Crippen LogP contribution < -0.4 is 0 Å². The van der Waals surface area contributed by atoms with Crippen molar-refractivity contribution in [3.63, 3.8) is 0 Å². The van der Waals surface area contributed by atoms with Gasteiger partial charge in [0.1, 0.15) is 30.1 Å². The summed E-state index contributed by atoms with van der Waals surface area (Å²) in [6.45, 7) is 24.8. The Morgan fingerprint density at radius 2 is 1.45 bits per heavy atom. The molecular formula is C49H79NO10. The number of esters is 2. The third-order valence-electron chi connectivity index (χ3n) is 11.8. The molecule has 340 valence electrons. The number of hydrogen-bond acceptors (Lipinski definition) is 10. The minimum absolute atomic E-state index is 0.0548. The highest BCUT2D eigenvalue weighted by atomic mass is 16.5. The molecule has 0 bridgehead atoms. The van der Waals surface area contributed by atoms with Gasteiger partial charge in [-0.2, -0.15) is 0 Å². The molecule has 0 radical (unpaired) electrons. The molecule has 1 fully saturated rings. The molecule has 11 heteroatoms. The lowest BCUT2D eigenvalue weighted by molar-refractivity contribution is -0.157. The van der Waals surface area contributed by atoms with Crippen molar-refractivity contribution >= 4 is 29.4 Å². The molecule has 1 aliphatic rings. The molecule has 2 unspecified atom stereocenters. The number of amides is 1. The van der Waals surface area contributed by atoms with E-state index in [0.717, 1.165) is 19.3 Å². The van der Waals surface area contributed by atoms with E-state index in [9.17, 15) is 29.1 Å². The molecule has 1 N–H and O–H groups in total. The number of Topliss-reactive ketones (excluding diaryl/α,β-unsaturated/α-hetero) is 1. The van der Waals surface area contributed by atoms with E-state index >= 15 is 0 Å². The van der Waals surface area contributed by atoms with Gasteiger partial charge in [0.15, 0.2) is 11.6 Å². The van der Waals surface area contributed by atoms with Crippen LogP contribution in [0.3, 0.4) is 0 Å². The number of ketones is 2. The fourth-order valence-corrected chi connectivity index (χ4v) is 6.88. The van der Waals surface area contributed by atoms with E-state index in [0.29, 0.717) is 31.4 Å². The predicted molar refractivity (Wildman–Crippen MR) is 238 cm³/mol. The summed E-state index contributed by atoms with van der Waals surface area (Å²) in [5, 5.41) is 11.3. The summed E-state index contributed by atoms with van der Waals surface area (Å²) < 4.78 is 22.3. The van der Waals surface area contributed by atoms with Crippen LogP contribution >= 0.6 is 0 Å². The SMILES string of the molecule is CCC(C)(C)C(C)C(=O)N1CCCC[C@H]1C(=O)O/C(=C\C(=O)[C@H](C)/C=C(\C)[C@@H](O)[C@@H](OC)C(=O)C(C)C[C@H](C)/C=C/C=C/C=C/[C@H](C[C@H](C)OC(=O)C(C)C)OC)C(C)C. The maximum Gasteiger partial charge on any atom is 0.333 e. The van der Waals surface area contributed by atoms with Crippen LogP contribution in [0.4, 0.5) is 0 Å². The Labute approximate surface area is 362 Å². The van der Waals surface area contributed by atoms with E-state index < -0.39 is 36.1 Å². The second-order valence-electron chi connectivity index (χ2n) is 18.0. The lowest BCUT2D eigenvalue weighted by Crippen LogP contribution is -2.52. The van der Waals surface area contributed by atoms with Gasteiger partial charge in [0, 0.05) is 56.9 Å². The zero-order valence-corrected chi connectivity index (χ0v) is 39.5. The molecule has 0 saturated carbocycles. The zero-order chi connectivity index (χ0) is 45.9. The molecule has 1 amide bonds. The van der Waals surface area contributed by atoms with Crippen molar-refractivity contribution in [2.45, 2.75) is 159 Å². The fraction of sp³-hybridized carbons (Fsp3) is 0.694. The standard InChI is InChI=1S/C49H79NO10/c1-16-49(12,13)38(11)46(54)50-26-22-21-25-40(50)48(56)60-42(31(2)3)30-41(51)34(7)28-36(9)44(53)45(58-15)43(52)35(8)27-33(6)23-19-17-18-20-24-39(57-14)29-37(10)59-47(55)32(4)5/h17-20,23-24,28,30-35,37-40,44-45,53H,16,21-22,25-27,29H2,1-15H3/b18-17+,23-19+,24-20+,36-28+,42-30-/t33-,34-,35?,37+,38?,39-,40+,44-,45+/m1/s1. The largest absolute Gasteiger partial charge is 0.462 e. The van der Waals surface area contributed by atoms with Crippen LogP contribution in [0, 0.1) is 40.9 Å². The molecule has 0 aromatic rings. The third-order valence-corrected chi connectivity index (χ3v) is 11.8. The average Bonchev–Trinajstić information content (AvgIpc) is 3.20. The number of hydrogen-bond donors (Lipinski definition) is 1. The van der Waals surface area contributed by atoms with Gasteiger partial charge in [-0.1, -0.05) is 125 Å². The molecule has 0 aromatic heterocycles. The second kappa shape index (κ2) is 26.6. The Bertz CT molecular complexity index is 1550. The fourth-order valence-electron chi connectivity index (χ4n) is 6.88. The van der Waals surface area contributed by atoms with Gasteiger partial charge in [0.05, 0.1) is 12.0 Å². The average molecular weight is 842 g/mol. The zero-order valence-electron chi connectivity index (χ0n) is 39.5. The Balaban J connectivity index is 2.92. The number of piperidine rings is 1. The maximum atomic E-state index is 13.6. The van der Waals surface area contributed by atoms with E-state index in [1.54, 1.807) is 45.8 Å². The minimum atomic E-state index is -1.27. The van der Waals surface area contributed by atoms with Crippen molar-refractivity contribution in [3.8, 4) is 0 Å². The Kier molecular flexibility index (Phi) is 24.1. The molecule has 60 heavy (non-hydrogen) atoms. The van der Waals surface area contributed by atoms with Gasteiger partial charge in [-0.25, -0.2) is 4.79 Å². The van der Waals surface area contributed by atoms with Gasteiger partial charge in [-0.05, 0) is 56.4 Å². The molecule has 0 aliphatic carbocycles. The first-order chi connectivity index (χ1) is 28.0. The Hall–Kier alpha value is -3.67. The topological polar surface area (TPSA) is 146 Å². The number of nitrogens with zero attached hydrogens (tertiary/aromatic N) is 1. The predicted octanol–water partition coefficient (Wildman–Crippen LogP) is 8.94. The van der Waals surface area contributed by atoms with Crippen molar-refractivity contribution in [1.82, 2.24) is 4.90 Å². The van der Waals surface area contributed by atoms with Crippen molar-refractivity contribution in [3.05, 3.63) is 59.9 Å². The maximum absolute atomic E-state index is 13.6. The summed E-state index contributed by atoms with van der Waals surface area (Å²) in [5.74, 6) is -2.99. The summed E-state index contributed by atoms with van der Waals surface area (Å²) >= 11 is 0. The van der Waals surface area contributed by atoms with Gasteiger partial charge >= 0.3 is 11.9 Å². The number of allylic oxidation sites excluding steroid dienone is 8. The highest BCUT2D eigenvalue weighted by molar-refractivity contribution is 5.94. The van der Waals surface area contributed by atoms with Gasteiger partial charge in [-0.3, -0.25) is 19.2 Å². The van der Waals surface area contributed by atoms with E-state index in [1.165, 1.54) is 13.2 Å². The molecular weight excluding hydrogens is 763 g/mol. The molecule has 1 aliphatic heterocycles. The number of aliphatic hydroxyl groups is 1. The van der Waals surface area contributed by atoms with Crippen LogP contribution in [0.5, 0.6) is 0 Å². The lowest BCUT2D eigenvalue weighted by atomic mass is 9.76. The van der Waals surface area contributed by atoms with Gasteiger partial charge in [-0.15, -0.1) is 0 Å². The van der Waals surface area contributed by atoms with E-state index in [2.05, 4.69) is 20.8 Å². The van der Waals surface area contributed by atoms with Crippen molar-refractivity contribution in [2.24, 2.45) is 40.9 Å². The van der Waals surface area contributed by atoms with Crippen molar-refractivity contribution < 1.29 is 48.0 Å². The molecule has 1 saturated heterocycles. The van der Waals surface area contributed by atoms with Crippen LogP contribution in [0.2, 0.25) is 0 Å². The van der Waals surface area contributed by atoms with E-state index in [4.69, 9.17) is 18.9 Å². The Morgan fingerprint density at radius 1 is 0.833 bits per heavy atom. The molecule has 0 aromatic carbocycles. The number of methoxy groups -OCH3 is 2. The molecule has 1 rings (SSSR count). The second-order valence-corrected chi connectivity index (χ2v) is 18.0. The van der Waals surface area contributed by atoms with Crippen LogP contribution in [0.15, 0.2) is 59.9 Å². The van der Waals surface area contributed by atoms with Crippen molar-refractivity contribution in [2.75, 3.05) is 20.8 Å². The summed E-state index contributed by atoms with van der Waals surface area (Å²) in [4.78, 5) is 67.7. The molecule has 9 atom stereocenters. The summed E-state index contributed by atoms with van der Waals surface area (Å²) in [7, 11) is 3.00. The van der Waals surface area contributed by atoms with Gasteiger partial charge in [0.2, 0.25) is 5.91 Å². The summed E-state index contributed by atoms with van der Waals surface area (Å²) in [6.07, 6.45) is 15.5. The minimum Gasteiger partial charge on any atom is -0.462 e. The van der Waals surface area contributed by atoms with Crippen LogP contribution in [-0.2, 0) is 42.9 Å². The van der Waals surface area contributed by atoms with Crippen LogP contribution in [0.25, 0.3) is 0 Å². The highest BCUT2D eigenvalue weighted by Gasteiger charge is 2.40. The first-order valence-corrected chi connectivity index (χ1v) is 22.0. The van der Waals surface area contributed by atoms with Crippen LogP contribution in [0.1, 0.15) is 129 Å². The van der Waals surface area contributed by atoms with E-state index in [-0.39, 0.29) is 70.5 Å². The number of aliphatic hydroxyl groups excluding tert-OH is 1.